The Morgan fingerprint density at radius 3 is 2.32 bits per heavy atom. The zero-order chi connectivity index (χ0) is 19.5. The Bertz CT molecular complexity index is 1140. The second-order valence-electron chi connectivity index (χ2n) is 6.33. The molecule has 2 aromatic heterocycles. The van der Waals surface area contributed by atoms with Crippen LogP contribution in [0.2, 0.25) is 0 Å². The number of nitrogens with one attached hydrogen (secondary N) is 1. The molecular formula is C22H17N3O3. The highest BCUT2D eigenvalue weighted by atomic mass is 16.4. The standard InChI is InChI=1S/C22H17N3O3/c26-21(24-20(22(27)28)16-9-5-2-6-10-16)17-11-12-25-14-18(23-19(25)13-17)15-7-3-1-4-8-15/h1-14,20H,(H,24,26)(H,27,28)/t20-/m0/s1. The number of carboxylic acids is 1. The number of rotatable bonds is 5. The van der Waals surface area contributed by atoms with Crippen molar-refractivity contribution in [2.45, 2.75) is 6.04 Å². The summed E-state index contributed by atoms with van der Waals surface area (Å²) >= 11 is 0. The first-order valence-corrected chi connectivity index (χ1v) is 8.74. The Morgan fingerprint density at radius 2 is 1.64 bits per heavy atom. The van der Waals surface area contributed by atoms with E-state index in [0.717, 1.165) is 11.3 Å². The van der Waals surface area contributed by atoms with Crippen LogP contribution in [-0.2, 0) is 4.79 Å². The summed E-state index contributed by atoms with van der Waals surface area (Å²) in [5, 5.41) is 12.1. The van der Waals surface area contributed by atoms with Gasteiger partial charge in [0.25, 0.3) is 5.91 Å². The lowest BCUT2D eigenvalue weighted by Gasteiger charge is -2.15. The summed E-state index contributed by atoms with van der Waals surface area (Å²) in [5.74, 6) is -1.59. The Hall–Kier alpha value is -3.93. The summed E-state index contributed by atoms with van der Waals surface area (Å²) in [4.78, 5) is 28.8. The highest BCUT2D eigenvalue weighted by Gasteiger charge is 2.22. The maximum absolute atomic E-state index is 12.6. The zero-order valence-electron chi connectivity index (χ0n) is 14.8. The summed E-state index contributed by atoms with van der Waals surface area (Å²) in [6.45, 7) is 0. The predicted octanol–water partition coefficient (Wildman–Crippen LogP) is 3.56. The van der Waals surface area contributed by atoms with Crippen LogP contribution in [0.5, 0.6) is 0 Å². The Labute approximate surface area is 161 Å². The van der Waals surface area contributed by atoms with E-state index in [1.54, 1.807) is 48.7 Å². The molecule has 2 N–H and O–H groups in total. The highest BCUT2D eigenvalue weighted by Crippen LogP contribution is 2.20. The fraction of sp³-hybridized carbons (Fsp3) is 0.0455. The van der Waals surface area contributed by atoms with Crippen LogP contribution in [0.25, 0.3) is 16.9 Å². The monoisotopic (exact) mass is 371 g/mol. The lowest BCUT2D eigenvalue weighted by Crippen LogP contribution is -2.33. The number of imidazole rings is 1. The van der Waals surface area contributed by atoms with Crippen molar-refractivity contribution in [2.24, 2.45) is 0 Å². The predicted molar refractivity (Wildman–Crippen MR) is 105 cm³/mol. The van der Waals surface area contributed by atoms with Gasteiger partial charge in [-0.25, -0.2) is 9.78 Å². The van der Waals surface area contributed by atoms with Crippen molar-refractivity contribution in [3.05, 3.63) is 96.3 Å². The van der Waals surface area contributed by atoms with Gasteiger partial charge in [0.2, 0.25) is 0 Å². The Balaban J connectivity index is 1.61. The lowest BCUT2D eigenvalue weighted by molar-refractivity contribution is -0.139. The molecule has 4 aromatic rings. The van der Waals surface area contributed by atoms with Gasteiger partial charge < -0.3 is 14.8 Å². The third kappa shape index (κ3) is 3.48. The van der Waals surface area contributed by atoms with Crippen molar-refractivity contribution in [1.82, 2.24) is 14.7 Å². The summed E-state index contributed by atoms with van der Waals surface area (Å²) in [6.07, 6.45) is 3.62. The molecule has 2 heterocycles. The van der Waals surface area contributed by atoms with E-state index in [0.29, 0.717) is 16.8 Å². The van der Waals surface area contributed by atoms with Crippen LogP contribution in [0.1, 0.15) is 22.0 Å². The number of fused-ring (bicyclic) bond motifs is 1. The number of amides is 1. The van der Waals surface area contributed by atoms with Gasteiger partial charge in [0.15, 0.2) is 6.04 Å². The van der Waals surface area contributed by atoms with Crippen molar-refractivity contribution in [3.8, 4) is 11.3 Å². The molecule has 4 rings (SSSR count). The highest BCUT2D eigenvalue weighted by molar-refractivity contribution is 5.97. The molecule has 138 valence electrons. The van der Waals surface area contributed by atoms with Crippen molar-refractivity contribution in [2.75, 3.05) is 0 Å². The van der Waals surface area contributed by atoms with Crippen LogP contribution in [0.3, 0.4) is 0 Å². The first-order chi connectivity index (χ1) is 13.6. The minimum absolute atomic E-state index is 0.347. The SMILES string of the molecule is O=C(N[C@H](C(=O)O)c1ccccc1)c1ccn2cc(-c3ccccc3)nc2c1. The summed E-state index contributed by atoms with van der Waals surface area (Å²) in [7, 11) is 0. The van der Waals surface area contributed by atoms with E-state index in [-0.39, 0.29) is 0 Å². The molecule has 0 spiro atoms. The van der Waals surface area contributed by atoms with Crippen LogP contribution in [0.15, 0.2) is 85.2 Å². The van der Waals surface area contributed by atoms with Gasteiger partial charge in [-0.3, -0.25) is 4.79 Å². The van der Waals surface area contributed by atoms with Gasteiger partial charge in [0, 0.05) is 23.5 Å². The normalized spacial score (nSPS) is 11.9. The van der Waals surface area contributed by atoms with Crippen molar-refractivity contribution >= 4 is 17.5 Å². The molecule has 0 saturated heterocycles. The van der Waals surface area contributed by atoms with E-state index < -0.39 is 17.9 Å². The molecule has 0 fully saturated rings. The maximum Gasteiger partial charge on any atom is 0.330 e. The number of aliphatic carboxylic acids is 1. The number of hydrogen-bond donors (Lipinski definition) is 2. The van der Waals surface area contributed by atoms with E-state index >= 15 is 0 Å². The van der Waals surface area contributed by atoms with Crippen LogP contribution in [-0.4, -0.2) is 26.4 Å². The van der Waals surface area contributed by atoms with Gasteiger partial charge >= 0.3 is 5.97 Å². The average Bonchev–Trinajstić information content (AvgIpc) is 3.16. The Morgan fingerprint density at radius 1 is 0.964 bits per heavy atom. The van der Waals surface area contributed by atoms with Gasteiger partial charge in [-0.1, -0.05) is 60.7 Å². The molecule has 0 radical (unpaired) electrons. The number of hydrogen-bond acceptors (Lipinski definition) is 3. The zero-order valence-corrected chi connectivity index (χ0v) is 14.8. The summed E-state index contributed by atoms with van der Waals surface area (Å²) < 4.78 is 1.82. The van der Waals surface area contributed by atoms with E-state index in [2.05, 4.69) is 10.3 Å². The first-order valence-electron chi connectivity index (χ1n) is 8.74. The Kier molecular flexibility index (Phi) is 4.60. The molecule has 0 unspecified atom stereocenters. The smallest absolute Gasteiger partial charge is 0.330 e. The lowest BCUT2D eigenvalue weighted by atomic mass is 10.1. The number of aromatic nitrogens is 2. The summed E-state index contributed by atoms with van der Waals surface area (Å²) in [6, 6.07) is 20.5. The second-order valence-corrected chi connectivity index (χ2v) is 6.33. The van der Waals surface area contributed by atoms with E-state index in [1.165, 1.54) is 0 Å². The molecule has 0 saturated carbocycles. The first kappa shape index (κ1) is 17.5. The number of carbonyl (C=O) groups excluding carboxylic acids is 1. The number of pyridine rings is 1. The van der Waals surface area contributed by atoms with Gasteiger partial charge in [0.05, 0.1) is 5.69 Å². The molecule has 6 heteroatoms. The van der Waals surface area contributed by atoms with Gasteiger partial charge in [0.1, 0.15) is 5.65 Å². The quantitative estimate of drug-likeness (QED) is 0.562. The second kappa shape index (κ2) is 7.36. The molecule has 0 aliphatic rings. The molecule has 6 nitrogen and oxygen atoms in total. The van der Waals surface area contributed by atoms with Crippen LogP contribution in [0.4, 0.5) is 0 Å². The third-order valence-electron chi connectivity index (χ3n) is 4.45. The molecule has 1 amide bonds. The van der Waals surface area contributed by atoms with Crippen LogP contribution >= 0.6 is 0 Å². The number of carboxylic acid groups (broad SMARTS) is 1. The molecule has 1 atom stereocenters. The maximum atomic E-state index is 12.6. The molecule has 0 bridgehead atoms. The van der Waals surface area contributed by atoms with Crippen molar-refractivity contribution < 1.29 is 14.7 Å². The van der Waals surface area contributed by atoms with Gasteiger partial charge in [-0.2, -0.15) is 0 Å². The molecule has 2 aromatic carbocycles. The van der Waals surface area contributed by atoms with Gasteiger partial charge in [-0.15, -0.1) is 0 Å². The largest absolute Gasteiger partial charge is 0.479 e. The average molecular weight is 371 g/mol. The van der Waals surface area contributed by atoms with E-state index in [4.69, 9.17) is 0 Å². The van der Waals surface area contributed by atoms with Crippen LogP contribution in [0, 0.1) is 0 Å². The molecular weight excluding hydrogens is 354 g/mol. The fourth-order valence-electron chi connectivity index (χ4n) is 3.02. The number of carbonyl (C=O) groups is 2. The fourth-order valence-corrected chi connectivity index (χ4v) is 3.02. The van der Waals surface area contributed by atoms with Crippen LogP contribution < -0.4 is 5.32 Å². The minimum atomic E-state index is -1.12. The topological polar surface area (TPSA) is 83.7 Å². The molecule has 0 aliphatic carbocycles. The van der Waals surface area contributed by atoms with E-state index in [9.17, 15) is 14.7 Å². The van der Waals surface area contributed by atoms with E-state index in [1.807, 2.05) is 40.9 Å². The summed E-state index contributed by atoms with van der Waals surface area (Å²) in [5.41, 5.74) is 3.24. The van der Waals surface area contributed by atoms with Gasteiger partial charge in [-0.05, 0) is 17.7 Å². The minimum Gasteiger partial charge on any atom is -0.479 e. The molecule has 28 heavy (non-hydrogen) atoms. The molecule has 0 aliphatic heterocycles. The number of benzene rings is 2. The number of nitrogens with zero attached hydrogens (tertiary/aromatic N) is 2. The van der Waals surface area contributed by atoms with Crippen molar-refractivity contribution in [1.29, 1.82) is 0 Å². The third-order valence-corrected chi connectivity index (χ3v) is 4.45. The van der Waals surface area contributed by atoms with Crippen molar-refractivity contribution in [3.63, 3.8) is 0 Å².